The normalized spacial score (nSPS) is 10.1. The first kappa shape index (κ1) is 19.3. The fourth-order valence-electron chi connectivity index (χ4n) is 2.11. The molecular weight excluding hydrogens is 406 g/mol. The molecule has 0 saturated carbocycles. The maximum atomic E-state index is 12.2. The predicted octanol–water partition coefficient (Wildman–Crippen LogP) is 1.87. The van der Waals surface area contributed by atoms with Crippen molar-refractivity contribution in [1.82, 2.24) is 10.2 Å². The van der Waals surface area contributed by atoms with Crippen LogP contribution in [0.1, 0.15) is 28.7 Å². The Balaban J connectivity index is 2.14. The second-order valence-corrected chi connectivity index (χ2v) is 5.96. The quantitative estimate of drug-likeness (QED) is 0.622. The molecule has 0 saturated heterocycles. The van der Waals surface area contributed by atoms with Crippen molar-refractivity contribution < 1.29 is 19.1 Å². The van der Waals surface area contributed by atoms with E-state index in [1.54, 1.807) is 19.9 Å². The number of aromatic nitrogens is 2. The lowest BCUT2D eigenvalue weighted by Crippen LogP contribution is -2.23. The molecule has 9 nitrogen and oxygen atoms in total. The van der Waals surface area contributed by atoms with Gasteiger partial charge in [0.25, 0.3) is 11.8 Å². The number of hydrogen-bond donors (Lipinski definition) is 3. The Hall–Kier alpha value is -3.06. The van der Waals surface area contributed by atoms with Crippen LogP contribution in [0.3, 0.4) is 0 Å². The van der Waals surface area contributed by atoms with Crippen LogP contribution in [0.25, 0.3) is 0 Å². The van der Waals surface area contributed by atoms with Gasteiger partial charge in [-0.2, -0.15) is 10.4 Å². The molecule has 0 atom stereocenters. The first-order chi connectivity index (χ1) is 12.4. The first-order valence-electron chi connectivity index (χ1n) is 7.51. The Morgan fingerprint density at radius 1 is 1.42 bits per heavy atom. The second kappa shape index (κ2) is 8.35. The average molecular weight is 422 g/mol. The number of primary amides is 1. The maximum Gasteiger partial charge on any atom is 0.271 e. The number of aromatic amines is 1. The molecule has 2 aromatic rings. The minimum absolute atomic E-state index is 0.0644. The molecular formula is C16H16BrN5O4. The molecule has 0 unspecified atom stereocenters. The smallest absolute Gasteiger partial charge is 0.271 e. The lowest BCUT2D eigenvalue weighted by Gasteiger charge is -2.14. The second-order valence-electron chi connectivity index (χ2n) is 5.10. The van der Waals surface area contributed by atoms with Gasteiger partial charge in [-0.25, -0.2) is 0 Å². The topological polar surface area (TPSA) is 143 Å². The molecule has 0 bridgehead atoms. The van der Waals surface area contributed by atoms with E-state index in [1.807, 2.05) is 6.07 Å². The van der Waals surface area contributed by atoms with Gasteiger partial charge in [0.2, 0.25) is 0 Å². The zero-order valence-corrected chi connectivity index (χ0v) is 15.6. The van der Waals surface area contributed by atoms with E-state index in [-0.39, 0.29) is 18.0 Å². The lowest BCUT2D eigenvalue weighted by atomic mass is 10.2. The zero-order chi connectivity index (χ0) is 19.3. The molecule has 136 valence electrons. The Morgan fingerprint density at radius 3 is 2.77 bits per heavy atom. The number of amides is 2. The SMILES string of the molecule is CCOc1cc(C#N)cc(Br)c1OCC(=O)Nc1c(C(N)=O)n[nH]c1C. The zero-order valence-electron chi connectivity index (χ0n) is 14.1. The molecule has 1 aromatic carbocycles. The van der Waals surface area contributed by atoms with E-state index >= 15 is 0 Å². The van der Waals surface area contributed by atoms with Crippen LogP contribution in [-0.2, 0) is 4.79 Å². The van der Waals surface area contributed by atoms with Crippen LogP contribution in [-0.4, -0.2) is 35.2 Å². The number of carbonyl (C=O) groups is 2. The molecule has 4 N–H and O–H groups in total. The van der Waals surface area contributed by atoms with E-state index in [0.717, 1.165) is 0 Å². The summed E-state index contributed by atoms with van der Waals surface area (Å²) < 4.78 is 11.5. The van der Waals surface area contributed by atoms with Crippen LogP contribution >= 0.6 is 15.9 Å². The summed E-state index contributed by atoms with van der Waals surface area (Å²) >= 11 is 3.30. The molecule has 2 rings (SSSR count). The molecule has 0 fully saturated rings. The van der Waals surface area contributed by atoms with Crippen molar-refractivity contribution >= 4 is 33.4 Å². The monoisotopic (exact) mass is 421 g/mol. The van der Waals surface area contributed by atoms with Gasteiger partial charge >= 0.3 is 0 Å². The number of nitrogens with zero attached hydrogens (tertiary/aromatic N) is 2. The van der Waals surface area contributed by atoms with Gasteiger partial charge in [-0.15, -0.1) is 0 Å². The highest BCUT2D eigenvalue weighted by Gasteiger charge is 2.19. The molecule has 1 aromatic heterocycles. The summed E-state index contributed by atoms with van der Waals surface area (Å²) in [6, 6.07) is 5.09. The number of H-pyrrole nitrogens is 1. The van der Waals surface area contributed by atoms with Gasteiger partial charge < -0.3 is 20.5 Å². The molecule has 0 aliphatic carbocycles. The van der Waals surface area contributed by atoms with Gasteiger partial charge in [0.1, 0.15) is 0 Å². The minimum Gasteiger partial charge on any atom is -0.490 e. The van der Waals surface area contributed by atoms with E-state index < -0.39 is 11.8 Å². The fraction of sp³-hybridized carbons (Fsp3) is 0.250. The summed E-state index contributed by atoms with van der Waals surface area (Å²) in [6.07, 6.45) is 0. The molecule has 0 aliphatic heterocycles. The Bertz CT molecular complexity index is 887. The molecule has 1 heterocycles. The summed E-state index contributed by atoms with van der Waals surface area (Å²) in [5, 5.41) is 17.9. The van der Waals surface area contributed by atoms with Crippen molar-refractivity contribution in [2.24, 2.45) is 5.73 Å². The summed E-state index contributed by atoms with van der Waals surface area (Å²) in [4.78, 5) is 23.5. The number of aryl methyl sites for hydroxylation is 1. The number of rotatable bonds is 7. The van der Waals surface area contributed by atoms with Gasteiger partial charge in [0, 0.05) is 6.07 Å². The van der Waals surface area contributed by atoms with Gasteiger partial charge in [0.15, 0.2) is 23.8 Å². The Morgan fingerprint density at radius 2 is 2.15 bits per heavy atom. The molecule has 0 spiro atoms. The van der Waals surface area contributed by atoms with Crippen LogP contribution < -0.4 is 20.5 Å². The number of ether oxygens (including phenoxy) is 2. The lowest BCUT2D eigenvalue weighted by molar-refractivity contribution is -0.118. The molecule has 10 heteroatoms. The highest BCUT2D eigenvalue weighted by molar-refractivity contribution is 9.10. The maximum absolute atomic E-state index is 12.2. The van der Waals surface area contributed by atoms with Gasteiger partial charge in [-0.1, -0.05) is 0 Å². The van der Waals surface area contributed by atoms with Crippen molar-refractivity contribution in [3.8, 4) is 17.6 Å². The summed E-state index contributed by atoms with van der Waals surface area (Å²) in [5.74, 6) is -0.654. The third-order valence-electron chi connectivity index (χ3n) is 3.23. The Kier molecular flexibility index (Phi) is 6.19. The van der Waals surface area contributed by atoms with Crippen molar-refractivity contribution in [2.45, 2.75) is 13.8 Å². The number of carbonyl (C=O) groups excluding carboxylic acids is 2. The number of nitrogens with two attached hydrogens (primary N) is 1. The van der Waals surface area contributed by atoms with Gasteiger partial charge in [-0.3, -0.25) is 14.7 Å². The van der Waals surface area contributed by atoms with Crippen LogP contribution in [0, 0.1) is 18.3 Å². The highest BCUT2D eigenvalue weighted by Crippen LogP contribution is 2.36. The Labute approximate surface area is 157 Å². The van der Waals surface area contributed by atoms with Crippen LogP contribution in [0.5, 0.6) is 11.5 Å². The fourth-order valence-corrected chi connectivity index (χ4v) is 2.67. The number of anilines is 1. The summed E-state index contributed by atoms with van der Waals surface area (Å²) in [7, 11) is 0. The van der Waals surface area contributed by atoms with E-state index in [9.17, 15) is 9.59 Å². The summed E-state index contributed by atoms with van der Waals surface area (Å²) in [6.45, 7) is 3.43. The molecule has 0 radical (unpaired) electrons. The van der Waals surface area contributed by atoms with E-state index in [2.05, 4.69) is 31.4 Å². The number of benzene rings is 1. The molecule has 2 amide bonds. The van der Waals surface area contributed by atoms with E-state index in [4.69, 9.17) is 20.5 Å². The average Bonchev–Trinajstić information content (AvgIpc) is 2.95. The largest absolute Gasteiger partial charge is 0.490 e. The number of hydrogen-bond acceptors (Lipinski definition) is 6. The predicted molar refractivity (Wildman–Crippen MR) is 96.0 cm³/mol. The van der Waals surface area contributed by atoms with Crippen molar-refractivity contribution in [2.75, 3.05) is 18.5 Å². The number of halogens is 1. The molecule has 26 heavy (non-hydrogen) atoms. The highest BCUT2D eigenvalue weighted by atomic mass is 79.9. The minimum atomic E-state index is -0.765. The van der Waals surface area contributed by atoms with E-state index in [0.29, 0.717) is 33.8 Å². The van der Waals surface area contributed by atoms with Crippen LogP contribution in [0.4, 0.5) is 5.69 Å². The van der Waals surface area contributed by atoms with E-state index in [1.165, 1.54) is 6.07 Å². The van der Waals surface area contributed by atoms with Crippen molar-refractivity contribution in [3.05, 3.63) is 33.6 Å². The third kappa shape index (κ3) is 4.31. The summed E-state index contributed by atoms with van der Waals surface area (Å²) in [5.41, 5.74) is 6.23. The first-order valence-corrected chi connectivity index (χ1v) is 8.30. The standard InChI is InChI=1S/C16H16BrN5O4/c1-3-25-11-5-9(6-18)4-10(17)15(11)26-7-12(23)20-13-8(2)21-22-14(13)16(19)24/h4-5H,3,7H2,1-2H3,(H2,19,24)(H,20,23)(H,21,22). The van der Waals surface area contributed by atoms with Gasteiger partial charge in [-0.05, 0) is 35.8 Å². The van der Waals surface area contributed by atoms with Crippen LogP contribution in [0.2, 0.25) is 0 Å². The van der Waals surface area contributed by atoms with Crippen molar-refractivity contribution in [1.29, 1.82) is 5.26 Å². The number of nitrogens with one attached hydrogen (secondary N) is 2. The van der Waals surface area contributed by atoms with Crippen LogP contribution in [0.15, 0.2) is 16.6 Å². The van der Waals surface area contributed by atoms with Gasteiger partial charge in [0.05, 0.1) is 34.1 Å². The molecule has 0 aliphatic rings. The number of nitriles is 1. The van der Waals surface area contributed by atoms with Crippen molar-refractivity contribution in [3.63, 3.8) is 0 Å². The third-order valence-corrected chi connectivity index (χ3v) is 3.82.